The molecule has 1 amide bonds. The molecule has 2 aliphatic heterocycles. The highest BCUT2D eigenvalue weighted by Gasteiger charge is 2.38. The third-order valence-electron chi connectivity index (χ3n) is 9.02. The van der Waals surface area contributed by atoms with Crippen molar-refractivity contribution in [1.82, 2.24) is 19.4 Å². The molecule has 2 aliphatic rings. The van der Waals surface area contributed by atoms with Gasteiger partial charge in [-0.1, -0.05) is 60.7 Å². The fourth-order valence-corrected chi connectivity index (χ4v) is 6.77. The molecule has 0 atom stereocenters. The molecule has 3 aromatic carbocycles. The first-order valence-electron chi connectivity index (χ1n) is 14.7. The number of rotatable bonds is 6. The highest BCUT2D eigenvalue weighted by atomic mass is 16.3. The monoisotopic (exact) mass is 552 g/mol. The Morgan fingerprint density at radius 3 is 2.15 bits per heavy atom. The minimum absolute atomic E-state index is 0.128. The van der Waals surface area contributed by atoms with Crippen molar-refractivity contribution in [2.75, 3.05) is 32.7 Å². The van der Waals surface area contributed by atoms with E-state index >= 15 is 0 Å². The van der Waals surface area contributed by atoms with E-state index < -0.39 is 0 Å². The molecule has 1 N–H and O–H groups in total. The van der Waals surface area contributed by atoms with Gasteiger partial charge in [0.05, 0.1) is 11.0 Å². The average Bonchev–Trinajstić information content (AvgIpc) is 3.37. The summed E-state index contributed by atoms with van der Waals surface area (Å²) < 4.78 is 2.47. The number of aryl methyl sites for hydroxylation is 1. The maximum atomic E-state index is 13.1. The first-order valence-corrected chi connectivity index (χ1v) is 14.7. The molecule has 0 saturated carbocycles. The van der Waals surface area contributed by atoms with Gasteiger partial charge in [0, 0.05) is 37.8 Å². The summed E-state index contributed by atoms with van der Waals surface area (Å²) in [5, 5.41) is 6.89. The average molecular weight is 553 g/mol. The minimum Gasteiger partial charge on any atom is -0.483 e. The van der Waals surface area contributed by atoms with Gasteiger partial charge in [-0.3, -0.25) is 9.59 Å². The zero-order valence-electron chi connectivity index (χ0n) is 23.9. The number of hydrogen-bond donors (Lipinski definition) is 1. The molecule has 4 aromatic rings. The Balaban J connectivity index is 0.00000108. The van der Waals surface area contributed by atoms with Crippen molar-refractivity contribution in [3.8, 4) is 0 Å². The van der Waals surface area contributed by atoms with Crippen molar-refractivity contribution < 1.29 is 14.7 Å². The van der Waals surface area contributed by atoms with Gasteiger partial charge < -0.3 is 19.5 Å². The van der Waals surface area contributed by atoms with Crippen LogP contribution in [-0.4, -0.2) is 69.6 Å². The third kappa shape index (κ3) is 6.35. The Hall–Kier alpha value is -3.97. The van der Waals surface area contributed by atoms with E-state index in [4.69, 9.17) is 14.9 Å². The van der Waals surface area contributed by atoms with Gasteiger partial charge in [-0.05, 0) is 80.8 Å². The number of piperidine rings is 2. The SMILES string of the molecule is Cc1nc2ccccc2n1C1CCN(CCC2(c3ccccc3)CCN(C(=O)c3ccccc3)CC2)CC1.O=CO. The summed E-state index contributed by atoms with van der Waals surface area (Å²) in [4.78, 5) is 31.0. The number of para-hydroxylation sites is 2. The number of likely N-dealkylation sites (tertiary alicyclic amines) is 2. The molecule has 0 spiro atoms. The molecule has 2 saturated heterocycles. The molecular formula is C34H40N4O3. The van der Waals surface area contributed by atoms with E-state index in [0.717, 1.165) is 68.9 Å². The van der Waals surface area contributed by atoms with Crippen LogP contribution in [0.5, 0.6) is 0 Å². The summed E-state index contributed by atoms with van der Waals surface area (Å²) in [7, 11) is 0. The minimum atomic E-state index is -0.250. The molecular weight excluding hydrogens is 512 g/mol. The number of carbonyl (C=O) groups excluding carboxylic acids is 1. The number of nitrogens with zero attached hydrogens (tertiary/aromatic N) is 4. The lowest BCUT2D eigenvalue weighted by molar-refractivity contribution is -0.122. The van der Waals surface area contributed by atoms with Crippen LogP contribution in [0.4, 0.5) is 0 Å². The van der Waals surface area contributed by atoms with Crippen LogP contribution in [0.15, 0.2) is 84.9 Å². The number of benzene rings is 3. The summed E-state index contributed by atoms with van der Waals surface area (Å²) >= 11 is 0. The normalized spacial score (nSPS) is 17.5. The largest absolute Gasteiger partial charge is 0.483 e. The summed E-state index contributed by atoms with van der Waals surface area (Å²) in [6, 6.07) is 29.8. The predicted octanol–water partition coefficient (Wildman–Crippen LogP) is 5.95. The van der Waals surface area contributed by atoms with Crippen LogP contribution in [0.25, 0.3) is 11.0 Å². The molecule has 2 fully saturated rings. The van der Waals surface area contributed by atoms with Gasteiger partial charge >= 0.3 is 0 Å². The Morgan fingerprint density at radius 2 is 1.49 bits per heavy atom. The smallest absolute Gasteiger partial charge is 0.290 e. The molecule has 7 heteroatoms. The summed E-state index contributed by atoms with van der Waals surface area (Å²) in [6.07, 6.45) is 5.51. The molecule has 0 radical (unpaired) electrons. The van der Waals surface area contributed by atoms with E-state index in [1.165, 1.54) is 23.9 Å². The molecule has 6 rings (SSSR count). The maximum absolute atomic E-state index is 13.1. The van der Waals surface area contributed by atoms with E-state index in [2.05, 4.69) is 75.9 Å². The molecule has 0 bridgehead atoms. The zero-order chi connectivity index (χ0) is 28.7. The van der Waals surface area contributed by atoms with Crippen LogP contribution < -0.4 is 0 Å². The Bertz CT molecular complexity index is 1420. The van der Waals surface area contributed by atoms with Crippen molar-refractivity contribution >= 4 is 23.4 Å². The van der Waals surface area contributed by atoms with Gasteiger partial charge in [0.15, 0.2) is 0 Å². The fourth-order valence-electron chi connectivity index (χ4n) is 6.77. The predicted molar refractivity (Wildman–Crippen MR) is 162 cm³/mol. The molecule has 3 heterocycles. The summed E-state index contributed by atoms with van der Waals surface area (Å²) in [5.74, 6) is 1.29. The van der Waals surface area contributed by atoms with Gasteiger partial charge in [-0.2, -0.15) is 0 Å². The van der Waals surface area contributed by atoms with E-state index in [0.29, 0.717) is 6.04 Å². The van der Waals surface area contributed by atoms with Gasteiger partial charge in [-0.25, -0.2) is 4.98 Å². The fraction of sp³-hybridized carbons (Fsp3) is 0.382. The van der Waals surface area contributed by atoms with Gasteiger partial charge in [-0.15, -0.1) is 0 Å². The van der Waals surface area contributed by atoms with Crippen LogP contribution in [0.2, 0.25) is 0 Å². The van der Waals surface area contributed by atoms with E-state index in [1.807, 2.05) is 30.3 Å². The lowest BCUT2D eigenvalue weighted by atomic mass is 9.70. The first-order chi connectivity index (χ1) is 20.0. The number of amides is 1. The number of carboxylic acid groups (broad SMARTS) is 1. The molecule has 0 aliphatic carbocycles. The maximum Gasteiger partial charge on any atom is 0.290 e. The van der Waals surface area contributed by atoms with Gasteiger partial charge in [0.2, 0.25) is 0 Å². The zero-order valence-corrected chi connectivity index (χ0v) is 23.9. The quantitative estimate of drug-likeness (QED) is 0.299. The van der Waals surface area contributed by atoms with Gasteiger partial charge in [0.1, 0.15) is 5.82 Å². The second-order valence-electron chi connectivity index (χ2n) is 11.3. The molecule has 41 heavy (non-hydrogen) atoms. The molecule has 7 nitrogen and oxygen atoms in total. The number of hydrogen-bond acceptors (Lipinski definition) is 4. The number of imidazole rings is 1. The third-order valence-corrected chi connectivity index (χ3v) is 9.02. The van der Waals surface area contributed by atoms with Crippen molar-refractivity contribution in [1.29, 1.82) is 0 Å². The summed E-state index contributed by atoms with van der Waals surface area (Å²) in [5.41, 5.74) is 4.73. The van der Waals surface area contributed by atoms with E-state index in [-0.39, 0.29) is 17.8 Å². The van der Waals surface area contributed by atoms with Crippen LogP contribution in [0.3, 0.4) is 0 Å². The highest BCUT2D eigenvalue weighted by molar-refractivity contribution is 5.94. The Labute approximate surface area is 242 Å². The molecule has 1 aromatic heterocycles. The topological polar surface area (TPSA) is 78.7 Å². The second kappa shape index (κ2) is 13.1. The highest BCUT2D eigenvalue weighted by Crippen LogP contribution is 2.40. The van der Waals surface area contributed by atoms with Crippen molar-refractivity contribution in [3.05, 3.63) is 102 Å². The lowest BCUT2D eigenvalue weighted by Crippen LogP contribution is -2.47. The van der Waals surface area contributed by atoms with Crippen LogP contribution in [0.1, 0.15) is 59.9 Å². The van der Waals surface area contributed by atoms with Crippen LogP contribution >= 0.6 is 0 Å². The Kier molecular flexibility index (Phi) is 9.14. The first kappa shape index (κ1) is 28.6. The number of carbonyl (C=O) groups is 2. The second-order valence-corrected chi connectivity index (χ2v) is 11.3. The van der Waals surface area contributed by atoms with Crippen LogP contribution in [0, 0.1) is 6.92 Å². The Morgan fingerprint density at radius 1 is 0.902 bits per heavy atom. The number of fused-ring (bicyclic) bond motifs is 1. The molecule has 214 valence electrons. The van der Waals surface area contributed by atoms with E-state index in [1.54, 1.807) is 0 Å². The van der Waals surface area contributed by atoms with Crippen molar-refractivity contribution in [2.24, 2.45) is 0 Å². The standard InChI is InChI=1S/C33H38N4O.CH2O2/c1-26-34-30-14-8-9-15-31(30)37(26)29-16-21-35(22-17-29)23-18-33(28-12-6-3-7-13-28)19-24-36(25-20-33)32(38)27-10-4-2-5-11-27;2-1-3/h2-15,29H,16-25H2,1H3;1H,(H,2,3). The summed E-state index contributed by atoms with van der Waals surface area (Å²) in [6.45, 7) is 6.89. The van der Waals surface area contributed by atoms with E-state index in [9.17, 15) is 4.79 Å². The van der Waals surface area contributed by atoms with Crippen molar-refractivity contribution in [2.45, 2.75) is 50.5 Å². The number of aromatic nitrogens is 2. The lowest BCUT2D eigenvalue weighted by Gasteiger charge is -2.44. The van der Waals surface area contributed by atoms with Gasteiger partial charge in [0.25, 0.3) is 12.4 Å². The van der Waals surface area contributed by atoms with Crippen molar-refractivity contribution in [3.63, 3.8) is 0 Å². The molecule has 0 unspecified atom stereocenters. The van der Waals surface area contributed by atoms with Crippen LogP contribution in [-0.2, 0) is 10.2 Å².